The molecule has 1 aromatic rings. The van der Waals surface area contributed by atoms with E-state index in [0.29, 0.717) is 0 Å². The Balaban J connectivity index is 2.15. The van der Waals surface area contributed by atoms with Crippen LogP contribution in [-0.4, -0.2) is 14.1 Å². The molecule has 0 spiro atoms. The van der Waals surface area contributed by atoms with Gasteiger partial charge in [-0.1, -0.05) is 23.3 Å². The monoisotopic (exact) mass is 264 g/mol. The van der Waals surface area contributed by atoms with E-state index in [1.807, 2.05) is 19.9 Å². The maximum atomic E-state index is 11.9. The predicted molar refractivity (Wildman–Crippen MR) is 71.9 cm³/mol. The van der Waals surface area contributed by atoms with Crippen LogP contribution in [-0.2, 0) is 10.0 Å². The Bertz CT molecular complexity index is 598. The summed E-state index contributed by atoms with van der Waals surface area (Å²) < 4.78 is 23.9. The summed E-state index contributed by atoms with van der Waals surface area (Å²) in [6, 6.07) is 6.68. The largest absolute Gasteiger partial charge is 0.276 e. The molecule has 0 fully saturated rings. The van der Waals surface area contributed by atoms with Crippen LogP contribution in [0.3, 0.4) is 0 Å². The summed E-state index contributed by atoms with van der Waals surface area (Å²) in [5.74, 6) is 0. The van der Waals surface area contributed by atoms with Gasteiger partial charge in [0.1, 0.15) is 0 Å². The van der Waals surface area contributed by atoms with Crippen LogP contribution in [0.4, 0.5) is 0 Å². The molecule has 0 unspecified atom stereocenters. The van der Waals surface area contributed by atoms with E-state index in [-0.39, 0.29) is 4.90 Å². The van der Waals surface area contributed by atoms with Crippen molar-refractivity contribution in [3.05, 3.63) is 41.5 Å². The standard InChI is InChI=1S/C13H16N2O2S/c1-10-4-7-13(8-5-10)18(16,17)15-14-12-6-3-11(2)9-12/h4-5,7-9,15H,3,6H2,1-2H3/b14-12-. The number of hydrogen-bond acceptors (Lipinski definition) is 3. The summed E-state index contributed by atoms with van der Waals surface area (Å²) in [7, 11) is -3.55. The van der Waals surface area contributed by atoms with Gasteiger partial charge in [0.15, 0.2) is 0 Å². The Morgan fingerprint density at radius 1 is 1.11 bits per heavy atom. The predicted octanol–water partition coefficient (Wildman–Crippen LogP) is 2.37. The van der Waals surface area contributed by atoms with E-state index >= 15 is 0 Å². The zero-order valence-corrected chi connectivity index (χ0v) is 11.3. The second kappa shape index (κ2) is 4.94. The molecule has 18 heavy (non-hydrogen) atoms. The van der Waals surface area contributed by atoms with Crippen molar-refractivity contribution < 1.29 is 8.42 Å². The summed E-state index contributed by atoms with van der Waals surface area (Å²) in [5, 5.41) is 3.95. The first kappa shape index (κ1) is 12.8. The number of hydrogen-bond donors (Lipinski definition) is 1. The van der Waals surface area contributed by atoms with Crippen LogP contribution in [0.2, 0.25) is 0 Å². The SMILES string of the molecule is CC1=C/C(=N\NS(=O)(=O)c2ccc(C)cc2)CC1. The molecule has 2 rings (SSSR count). The van der Waals surface area contributed by atoms with Gasteiger partial charge in [0.2, 0.25) is 0 Å². The number of allylic oxidation sites excluding steroid dienone is 2. The molecule has 0 atom stereocenters. The van der Waals surface area contributed by atoms with E-state index in [2.05, 4.69) is 9.93 Å². The van der Waals surface area contributed by atoms with E-state index in [4.69, 9.17) is 0 Å². The lowest BCUT2D eigenvalue weighted by Gasteiger charge is -2.04. The maximum Gasteiger partial charge on any atom is 0.276 e. The number of nitrogens with one attached hydrogen (secondary N) is 1. The van der Waals surface area contributed by atoms with Gasteiger partial charge >= 0.3 is 0 Å². The van der Waals surface area contributed by atoms with Gasteiger partial charge in [0.05, 0.1) is 10.6 Å². The first-order chi connectivity index (χ1) is 8.47. The van der Waals surface area contributed by atoms with Gasteiger partial charge in [0.25, 0.3) is 10.0 Å². The minimum atomic E-state index is -3.55. The van der Waals surface area contributed by atoms with Gasteiger partial charge in [-0.15, -0.1) is 0 Å². The zero-order valence-electron chi connectivity index (χ0n) is 10.5. The lowest BCUT2D eigenvalue weighted by atomic mass is 10.2. The number of nitrogens with zero attached hydrogens (tertiary/aromatic N) is 1. The van der Waals surface area contributed by atoms with Gasteiger partial charge in [0, 0.05) is 0 Å². The Morgan fingerprint density at radius 2 is 1.78 bits per heavy atom. The first-order valence-electron chi connectivity index (χ1n) is 5.79. The molecule has 5 heteroatoms. The average Bonchev–Trinajstić information content (AvgIpc) is 2.73. The highest BCUT2D eigenvalue weighted by Gasteiger charge is 2.13. The third kappa shape index (κ3) is 2.98. The molecule has 0 bridgehead atoms. The quantitative estimate of drug-likeness (QED) is 0.852. The van der Waals surface area contributed by atoms with Crippen molar-refractivity contribution in [2.24, 2.45) is 5.10 Å². The van der Waals surface area contributed by atoms with Gasteiger partial charge < -0.3 is 0 Å². The van der Waals surface area contributed by atoms with Gasteiger partial charge in [-0.05, 0) is 44.9 Å². The van der Waals surface area contributed by atoms with Crippen LogP contribution >= 0.6 is 0 Å². The fourth-order valence-electron chi connectivity index (χ4n) is 1.73. The first-order valence-corrected chi connectivity index (χ1v) is 7.28. The molecule has 1 aliphatic carbocycles. The molecule has 96 valence electrons. The third-order valence-electron chi connectivity index (χ3n) is 2.83. The second-order valence-corrected chi connectivity index (χ2v) is 6.16. The van der Waals surface area contributed by atoms with Crippen LogP contribution in [0.1, 0.15) is 25.3 Å². The summed E-state index contributed by atoms with van der Waals surface area (Å²) >= 11 is 0. The van der Waals surface area contributed by atoms with E-state index in [0.717, 1.165) is 24.1 Å². The smallest absolute Gasteiger partial charge is 0.200 e. The molecule has 4 nitrogen and oxygen atoms in total. The average molecular weight is 264 g/mol. The van der Waals surface area contributed by atoms with Crippen molar-refractivity contribution in [3.63, 3.8) is 0 Å². The molecular weight excluding hydrogens is 248 g/mol. The maximum absolute atomic E-state index is 11.9. The van der Waals surface area contributed by atoms with E-state index in [9.17, 15) is 8.42 Å². The van der Waals surface area contributed by atoms with E-state index < -0.39 is 10.0 Å². The number of benzene rings is 1. The normalized spacial score (nSPS) is 17.9. The van der Waals surface area contributed by atoms with Crippen molar-refractivity contribution in [1.29, 1.82) is 0 Å². The number of rotatable bonds is 3. The van der Waals surface area contributed by atoms with Crippen molar-refractivity contribution in [2.75, 3.05) is 0 Å². The van der Waals surface area contributed by atoms with E-state index in [1.165, 1.54) is 5.57 Å². The molecule has 1 aromatic carbocycles. The van der Waals surface area contributed by atoms with Crippen LogP contribution in [0.25, 0.3) is 0 Å². The van der Waals surface area contributed by atoms with E-state index in [1.54, 1.807) is 24.3 Å². The molecule has 0 saturated heterocycles. The van der Waals surface area contributed by atoms with Gasteiger partial charge in [-0.2, -0.15) is 18.4 Å². The topological polar surface area (TPSA) is 58.5 Å². The highest BCUT2D eigenvalue weighted by molar-refractivity contribution is 7.89. The molecule has 0 aliphatic heterocycles. The number of hydrazone groups is 1. The second-order valence-electron chi connectivity index (χ2n) is 4.50. The molecule has 1 N–H and O–H groups in total. The Morgan fingerprint density at radius 3 is 2.33 bits per heavy atom. The lowest BCUT2D eigenvalue weighted by molar-refractivity contribution is 0.584. The minimum Gasteiger partial charge on any atom is -0.200 e. The highest BCUT2D eigenvalue weighted by atomic mass is 32.2. The molecule has 0 saturated carbocycles. The third-order valence-corrected chi connectivity index (χ3v) is 4.05. The highest BCUT2D eigenvalue weighted by Crippen LogP contribution is 2.15. The summed E-state index contributed by atoms with van der Waals surface area (Å²) in [6.07, 6.45) is 3.66. The van der Waals surface area contributed by atoms with Crippen LogP contribution in [0.5, 0.6) is 0 Å². The molecule has 0 amide bonds. The summed E-state index contributed by atoms with van der Waals surface area (Å²) in [5.41, 5.74) is 3.03. The van der Waals surface area contributed by atoms with Gasteiger partial charge in [-0.3, -0.25) is 0 Å². The van der Waals surface area contributed by atoms with Crippen molar-refractivity contribution >= 4 is 15.7 Å². The van der Waals surface area contributed by atoms with Gasteiger partial charge in [-0.25, -0.2) is 0 Å². The van der Waals surface area contributed by atoms with Crippen LogP contribution < -0.4 is 4.83 Å². The van der Waals surface area contributed by atoms with Crippen LogP contribution in [0, 0.1) is 6.92 Å². The van der Waals surface area contributed by atoms with Crippen LogP contribution in [0.15, 0.2) is 45.9 Å². The van der Waals surface area contributed by atoms with Crippen molar-refractivity contribution in [1.82, 2.24) is 4.83 Å². The molecular formula is C13H16N2O2S. The Hall–Kier alpha value is -1.62. The number of sulfonamides is 1. The lowest BCUT2D eigenvalue weighted by Crippen LogP contribution is -2.19. The Labute approximate surface area is 107 Å². The van der Waals surface area contributed by atoms with Crippen molar-refractivity contribution in [3.8, 4) is 0 Å². The minimum absolute atomic E-state index is 0.233. The molecule has 1 aliphatic rings. The summed E-state index contributed by atoms with van der Waals surface area (Å²) in [4.78, 5) is 2.51. The summed E-state index contributed by atoms with van der Waals surface area (Å²) in [6.45, 7) is 3.92. The molecule has 0 radical (unpaired) electrons. The zero-order chi connectivity index (χ0) is 13.2. The molecule has 0 heterocycles. The number of aryl methyl sites for hydroxylation is 1. The Kier molecular flexibility index (Phi) is 3.52. The molecule has 0 aromatic heterocycles. The fraction of sp³-hybridized carbons (Fsp3) is 0.308. The van der Waals surface area contributed by atoms with Crippen molar-refractivity contribution in [2.45, 2.75) is 31.6 Å². The fourth-order valence-corrected chi connectivity index (χ4v) is 2.57.